The van der Waals surface area contributed by atoms with Crippen LogP contribution in [-0.4, -0.2) is 34.9 Å². The van der Waals surface area contributed by atoms with Gasteiger partial charge in [0, 0.05) is 19.1 Å². The van der Waals surface area contributed by atoms with Crippen LogP contribution in [0.1, 0.15) is 35.3 Å². The molecular weight excluding hydrogens is 306 g/mol. The van der Waals surface area contributed by atoms with Crippen LogP contribution in [0.3, 0.4) is 0 Å². The van der Waals surface area contributed by atoms with Gasteiger partial charge < -0.3 is 10.6 Å². The molecule has 1 amide bonds. The van der Waals surface area contributed by atoms with Gasteiger partial charge in [0.2, 0.25) is 0 Å². The highest BCUT2D eigenvalue weighted by Crippen LogP contribution is 2.32. The first kappa shape index (κ1) is 16.1. The minimum absolute atomic E-state index is 0.0233. The minimum atomic E-state index is 0.0233. The molecule has 0 spiro atoms. The SMILES string of the molecule is Cc1nc(C(=O)N2CCC[C@H](C)[C@@H]2CN)c(-c2ccccc2)s1. The topological polar surface area (TPSA) is 59.2 Å². The molecule has 2 heterocycles. The lowest BCUT2D eigenvalue weighted by Crippen LogP contribution is -2.51. The normalized spacial score (nSPS) is 21.4. The summed E-state index contributed by atoms with van der Waals surface area (Å²) in [7, 11) is 0. The fraction of sp³-hybridized carbons (Fsp3) is 0.444. The van der Waals surface area contributed by atoms with Crippen molar-refractivity contribution in [2.75, 3.05) is 13.1 Å². The first-order chi connectivity index (χ1) is 11.1. The summed E-state index contributed by atoms with van der Waals surface area (Å²) in [5.41, 5.74) is 7.57. The molecule has 1 aromatic heterocycles. The van der Waals surface area contributed by atoms with Gasteiger partial charge in [-0.25, -0.2) is 4.98 Å². The van der Waals surface area contributed by atoms with Gasteiger partial charge in [-0.05, 0) is 31.2 Å². The Morgan fingerprint density at radius 2 is 2.13 bits per heavy atom. The molecule has 2 N–H and O–H groups in total. The highest BCUT2D eigenvalue weighted by molar-refractivity contribution is 7.15. The summed E-state index contributed by atoms with van der Waals surface area (Å²) in [5.74, 6) is 0.466. The fourth-order valence-corrected chi connectivity index (χ4v) is 4.27. The van der Waals surface area contributed by atoms with E-state index in [0.29, 0.717) is 18.2 Å². The molecule has 1 aliphatic rings. The Morgan fingerprint density at radius 3 is 2.83 bits per heavy atom. The lowest BCUT2D eigenvalue weighted by atomic mass is 9.90. The maximum atomic E-state index is 13.1. The van der Waals surface area contributed by atoms with Crippen LogP contribution in [0.4, 0.5) is 0 Å². The predicted molar refractivity (Wildman–Crippen MR) is 94.6 cm³/mol. The summed E-state index contributed by atoms with van der Waals surface area (Å²) in [6.07, 6.45) is 2.17. The van der Waals surface area contributed by atoms with Gasteiger partial charge in [-0.3, -0.25) is 4.79 Å². The van der Waals surface area contributed by atoms with Gasteiger partial charge in [0.25, 0.3) is 5.91 Å². The second-order valence-corrected chi connectivity index (χ2v) is 7.40. The van der Waals surface area contributed by atoms with Crippen LogP contribution in [0.15, 0.2) is 30.3 Å². The molecule has 3 rings (SSSR count). The Balaban J connectivity index is 1.97. The zero-order chi connectivity index (χ0) is 16.4. The Hall–Kier alpha value is -1.72. The van der Waals surface area contributed by atoms with Crippen molar-refractivity contribution in [3.8, 4) is 10.4 Å². The maximum Gasteiger partial charge on any atom is 0.274 e. The van der Waals surface area contributed by atoms with Gasteiger partial charge in [0.05, 0.1) is 9.88 Å². The maximum absolute atomic E-state index is 13.1. The van der Waals surface area contributed by atoms with Crippen LogP contribution in [-0.2, 0) is 0 Å². The molecule has 1 fully saturated rings. The van der Waals surface area contributed by atoms with E-state index in [9.17, 15) is 4.79 Å². The first-order valence-corrected chi connectivity index (χ1v) is 8.97. The number of thiazole rings is 1. The predicted octanol–water partition coefficient (Wildman–Crippen LogP) is 3.32. The molecule has 5 heteroatoms. The van der Waals surface area contributed by atoms with E-state index in [1.807, 2.05) is 42.2 Å². The summed E-state index contributed by atoms with van der Waals surface area (Å²) < 4.78 is 0. The van der Waals surface area contributed by atoms with Gasteiger partial charge >= 0.3 is 0 Å². The van der Waals surface area contributed by atoms with Crippen molar-refractivity contribution in [1.82, 2.24) is 9.88 Å². The standard InChI is InChI=1S/C18H23N3OS/c1-12-7-6-10-21(15(12)11-19)18(22)16-17(23-13(2)20-16)14-8-4-3-5-9-14/h3-5,8-9,12,15H,6-7,10-11,19H2,1-2H3/t12-,15-/m0/s1. The number of piperidine rings is 1. The Kier molecular flexibility index (Phi) is 4.78. The van der Waals surface area contributed by atoms with E-state index in [1.165, 1.54) is 0 Å². The van der Waals surface area contributed by atoms with Crippen LogP contribution in [0.5, 0.6) is 0 Å². The number of aromatic nitrogens is 1. The smallest absolute Gasteiger partial charge is 0.274 e. The van der Waals surface area contributed by atoms with Crippen molar-refractivity contribution in [2.24, 2.45) is 11.7 Å². The van der Waals surface area contributed by atoms with Gasteiger partial charge in [0.15, 0.2) is 0 Å². The molecule has 0 aliphatic carbocycles. The molecule has 1 aromatic carbocycles. The molecular formula is C18H23N3OS. The van der Waals surface area contributed by atoms with Crippen molar-refractivity contribution in [2.45, 2.75) is 32.7 Å². The third-order valence-electron chi connectivity index (χ3n) is 4.59. The summed E-state index contributed by atoms with van der Waals surface area (Å²) in [4.78, 5) is 20.6. The molecule has 23 heavy (non-hydrogen) atoms. The number of likely N-dealkylation sites (tertiary alicyclic amines) is 1. The van der Waals surface area contributed by atoms with Crippen molar-refractivity contribution in [1.29, 1.82) is 0 Å². The summed E-state index contributed by atoms with van der Waals surface area (Å²) >= 11 is 1.58. The Morgan fingerprint density at radius 1 is 1.39 bits per heavy atom. The summed E-state index contributed by atoms with van der Waals surface area (Å²) in [6.45, 7) is 5.42. The van der Waals surface area contributed by atoms with E-state index in [1.54, 1.807) is 11.3 Å². The van der Waals surface area contributed by atoms with Crippen LogP contribution in [0.2, 0.25) is 0 Å². The zero-order valence-corrected chi connectivity index (χ0v) is 14.5. The molecule has 0 radical (unpaired) electrons. The lowest BCUT2D eigenvalue weighted by Gasteiger charge is -2.39. The number of aryl methyl sites for hydroxylation is 1. The van der Waals surface area contributed by atoms with E-state index in [2.05, 4.69) is 11.9 Å². The second kappa shape index (κ2) is 6.81. The summed E-state index contributed by atoms with van der Waals surface area (Å²) in [6, 6.07) is 10.1. The molecule has 2 aromatic rings. The van der Waals surface area contributed by atoms with E-state index < -0.39 is 0 Å². The largest absolute Gasteiger partial charge is 0.333 e. The number of carbonyl (C=O) groups is 1. The van der Waals surface area contributed by atoms with Crippen molar-refractivity contribution < 1.29 is 4.79 Å². The van der Waals surface area contributed by atoms with Gasteiger partial charge in [-0.2, -0.15) is 0 Å². The van der Waals surface area contributed by atoms with Crippen molar-refractivity contribution in [3.05, 3.63) is 41.0 Å². The fourth-order valence-electron chi connectivity index (χ4n) is 3.35. The average Bonchev–Trinajstić information content (AvgIpc) is 2.96. The number of nitrogens with two attached hydrogens (primary N) is 1. The van der Waals surface area contributed by atoms with Crippen LogP contribution in [0.25, 0.3) is 10.4 Å². The number of nitrogens with zero attached hydrogens (tertiary/aromatic N) is 2. The van der Waals surface area contributed by atoms with Crippen molar-refractivity contribution in [3.63, 3.8) is 0 Å². The van der Waals surface area contributed by atoms with Crippen LogP contribution < -0.4 is 5.73 Å². The van der Waals surface area contributed by atoms with E-state index in [-0.39, 0.29) is 11.9 Å². The molecule has 0 unspecified atom stereocenters. The minimum Gasteiger partial charge on any atom is -0.333 e. The molecule has 0 saturated carbocycles. The second-order valence-electron chi connectivity index (χ2n) is 6.20. The molecule has 2 atom stereocenters. The average molecular weight is 329 g/mol. The number of hydrogen-bond donors (Lipinski definition) is 1. The number of hydrogen-bond acceptors (Lipinski definition) is 4. The molecule has 1 aliphatic heterocycles. The summed E-state index contributed by atoms with van der Waals surface area (Å²) in [5, 5.41) is 0.918. The highest BCUT2D eigenvalue weighted by Gasteiger charge is 2.33. The van der Waals surface area contributed by atoms with Crippen LogP contribution in [0, 0.1) is 12.8 Å². The highest BCUT2D eigenvalue weighted by atomic mass is 32.1. The molecule has 4 nitrogen and oxygen atoms in total. The van der Waals surface area contributed by atoms with Gasteiger partial charge in [-0.15, -0.1) is 11.3 Å². The third-order valence-corrected chi connectivity index (χ3v) is 5.61. The van der Waals surface area contributed by atoms with Crippen molar-refractivity contribution >= 4 is 17.2 Å². The third kappa shape index (κ3) is 3.16. The monoisotopic (exact) mass is 329 g/mol. The Bertz CT molecular complexity index is 683. The van der Waals surface area contributed by atoms with Crippen LogP contribution >= 0.6 is 11.3 Å². The number of benzene rings is 1. The lowest BCUT2D eigenvalue weighted by molar-refractivity contribution is 0.0528. The molecule has 1 saturated heterocycles. The van der Waals surface area contributed by atoms with Gasteiger partial charge in [-0.1, -0.05) is 37.3 Å². The molecule has 122 valence electrons. The Labute approximate surface area is 141 Å². The molecule has 0 bridgehead atoms. The zero-order valence-electron chi connectivity index (χ0n) is 13.7. The number of carbonyl (C=O) groups excluding carboxylic acids is 1. The number of amides is 1. The quantitative estimate of drug-likeness (QED) is 0.940. The van der Waals surface area contributed by atoms with E-state index >= 15 is 0 Å². The number of rotatable bonds is 3. The first-order valence-electron chi connectivity index (χ1n) is 8.15. The van der Waals surface area contributed by atoms with Gasteiger partial charge in [0.1, 0.15) is 5.69 Å². The van der Waals surface area contributed by atoms with E-state index in [4.69, 9.17) is 5.73 Å². The van der Waals surface area contributed by atoms with E-state index in [0.717, 1.165) is 34.8 Å².